The van der Waals surface area contributed by atoms with E-state index in [1.807, 2.05) is 0 Å². The Bertz CT molecular complexity index is 82.1. The first-order valence-electron chi connectivity index (χ1n) is 2.27. The maximum absolute atomic E-state index is 10.3. The largest absolute Gasteiger partial charge is 0.302 e. The molecule has 0 aliphatic heterocycles. The monoisotopic (exact) mass is 135 g/mol. The van der Waals surface area contributed by atoms with Crippen LogP contribution in [0.5, 0.6) is 0 Å². The van der Waals surface area contributed by atoms with Crippen LogP contribution < -0.4 is 0 Å². The Kier molecular flexibility index (Phi) is 3.64. The summed E-state index contributed by atoms with van der Waals surface area (Å²) in [5.41, 5.74) is 0. The van der Waals surface area contributed by atoms with Crippen LogP contribution in [0.4, 0.5) is 4.79 Å². The van der Waals surface area contributed by atoms with Crippen molar-refractivity contribution in [3.05, 3.63) is 0 Å². The van der Waals surface area contributed by atoms with Crippen LogP contribution in [-0.2, 0) is 4.84 Å². The minimum Gasteiger partial charge on any atom is -0.274 e. The standard InChI is InChI=1S/C4H9NO2S/c1-3-5(7-2)4(6)8/h3H2,1-2H3,(H,6,8). The van der Waals surface area contributed by atoms with Gasteiger partial charge in [-0.1, -0.05) is 12.6 Å². The number of thiol groups is 1. The number of hydrogen-bond donors (Lipinski definition) is 1. The first-order valence-corrected chi connectivity index (χ1v) is 2.71. The Labute approximate surface area is 54.0 Å². The molecule has 0 atom stereocenters. The molecule has 0 aliphatic rings. The Morgan fingerprint density at radius 1 is 1.88 bits per heavy atom. The average Bonchev–Trinajstić information content (AvgIpc) is 1.69. The van der Waals surface area contributed by atoms with Gasteiger partial charge in [0.05, 0.1) is 7.11 Å². The van der Waals surface area contributed by atoms with Gasteiger partial charge in [-0.2, -0.15) is 0 Å². The van der Waals surface area contributed by atoms with Crippen LogP contribution >= 0.6 is 12.6 Å². The van der Waals surface area contributed by atoms with Gasteiger partial charge >= 0.3 is 5.24 Å². The van der Waals surface area contributed by atoms with Gasteiger partial charge < -0.3 is 0 Å². The first-order chi connectivity index (χ1) is 3.72. The highest BCUT2D eigenvalue weighted by molar-refractivity contribution is 7.96. The molecule has 8 heavy (non-hydrogen) atoms. The highest BCUT2D eigenvalue weighted by Crippen LogP contribution is 1.92. The minimum absolute atomic E-state index is 0.366. The lowest BCUT2D eigenvalue weighted by Gasteiger charge is -2.12. The van der Waals surface area contributed by atoms with Gasteiger partial charge in [-0.25, -0.2) is 5.06 Å². The van der Waals surface area contributed by atoms with Crippen LogP contribution in [-0.4, -0.2) is 24.0 Å². The number of rotatable bonds is 2. The summed E-state index contributed by atoms with van der Waals surface area (Å²) in [7, 11) is 1.43. The topological polar surface area (TPSA) is 29.5 Å². The van der Waals surface area contributed by atoms with Gasteiger partial charge in [0.2, 0.25) is 0 Å². The highest BCUT2D eigenvalue weighted by Gasteiger charge is 2.02. The average molecular weight is 135 g/mol. The molecule has 0 fully saturated rings. The van der Waals surface area contributed by atoms with E-state index in [1.165, 1.54) is 7.11 Å². The van der Waals surface area contributed by atoms with Crippen molar-refractivity contribution in [2.75, 3.05) is 13.7 Å². The van der Waals surface area contributed by atoms with Crippen LogP contribution in [0.1, 0.15) is 6.92 Å². The van der Waals surface area contributed by atoms with Crippen molar-refractivity contribution in [1.82, 2.24) is 5.06 Å². The third-order valence-electron chi connectivity index (χ3n) is 0.721. The number of hydroxylamine groups is 2. The predicted molar refractivity (Wildman–Crippen MR) is 33.8 cm³/mol. The molecular weight excluding hydrogens is 126 g/mol. The predicted octanol–water partition coefficient (Wildman–Crippen LogP) is 0.919. The highest BCUT2D eigenvalue weighted by atomic mass is 32.1. The Morgan fingerprint density at radius 2 is 2.38 bits per heavy atom. The van der Waals surface area contributed by atoms with E-state index in [0.29, 0.717) is 6.54 Å². The number of nitrogens with zero attached hydrogens (tertiary/aromatic N) is 1. The van der Waals surface area contributed by atoms with Gasteiger partial charge in [0.1, 0.15) is 0 Å². The van der Waals surface area contributed by atoms with Crippen LogP contribution in [0, 0.1) is 0 Å². The van der Waals surface area contributed by atoms with Crippen molar-refractivity contribution in [3.8, 4) is 0 Å². The van der Waals surface area contributed by atoms with E-state index < -0.39 is 0 Å². The normalized spacial score (nSPS) is 8.88. The fourth-order valence-corrected chi connectivity index (χ4v) is 0.566. The molecule has 0 aromatic heterocycles. The lowest BCUT2D eigenvalue weighted by Crippen LogP contribution is -2.24. The summed E-state index contributed by atoms with van der Waals surface area (Å²) in [4.78, 5) is 14.8. The van der Waals surface area contributed by atoms with E-state index in [-0.39, 0.29) is 5.24 Å². The molecule has 0 bridgehead atoms. The molecule has 4 heteroatoms. The molecule has 0 aliphatic carbocycles. The Morgan fingerprint density at radius 3 is 2.38 bits per heavy atom. The zero-order valence-electron chi connectivity index (χ0n) is 4.92. The molecule has 0 saturated carbocycles. The molecule has 0 unspecified atom stereocenters. The lowest BCUT2D eigenvalue weighted by atomic mass is 10.8. The molecule has 0 N–H and O–H groups in total. The Balaban J connectivity index is 3.52. The molecule has 1 amide bonds. The van der Waals surface area contributed by atoms with E-state index in [9.17, 15) is 4.79 Å². The number of carbonyl (C=O) groups excluding carboxylic acids is 1. The summed E-state index contributed by atoms with van der Waals surface area (Å²) in [6.07, 6.45) is 0. The lowest BCUT2D eigenvalue weighted by molar-refractivity contribution is -0.0724. The molecule has 0 aromatic rings. The molecule has 0 saturated heterocycles. The van der Waals surface area contributed by atoms with Crippen molar-refractivity contribution >= 4 is 17.9 Å². The van der Waals surface area contributed by atoms with Crippen LogP contribution in [0.2, 0.25) is 0 Å². The second kappa shape index (κ2) is 3.74. The number of amides is 1. The maximum Gasteiger partial charge on any atom is 0.302 e. The molecule has 0 spiro atoms. The summed E-state index contributed by atoms with van der Waals surface area (Å²) in [6.45, 7) is 2.33. The van der Waals surface area contributed by atoms with E-state index in [0.717, 1.165) is 5.06 Å². The van der Waals surface area contributed by atoms with Crippen molar-refractivity contribution in [1.29, 1.82) is 0 Å². The molecular formula is C4H9NO2S. The summed E-state index contributed by atoms with van der Waals surface area (Å²) in [5, 5.41) is 0.776. The first kappa shape index (κ1) is 7.78. The molecule has 0 radical (unpaired) electrons. The van der Waals surface area contributed by atoms with Crippen molar-refractivity contribution in [3.63, 3.8) is 0 Å². The quantitative estimate of drug-likeness (QED) is 0.450. The van der Waals surface area contributed by atoms with Gasteiger partial charge in [0.25, 0.3) is 0 Å². The fraction of sp³-hybridized carbons (Fsp3) is 0.750. The van der Waals surface area contributed by atoms with Gasteiger partial charge in [0.15, 0.2) is 0 Å². The SMILES string of the molecule is CCN(OC)C(=O)S. The molecule has 0 aromatic carbocycles. The molecule has 0 rings (SSSR count). The third kappa shape index (κ3) is 2.18. The minimum atomic E-state index is -0.366. The Hall–Kier alpha value is -0.220. The van der Waals surface area contributed by atoms with E-state index >= 15 is 0 Å². The van der Waals surface area contributed by atoms with E-state index in [2.05, 4.69) is 17.5 Å². The molecule has 0 heterocycles. The summed E-state index contributed by atoms with van der Waals surface area (Å²) in [5.74, 6) is 0. The summed E-state index contributed by atoms with van der Waals surface area (Å²) in [6, 6.07) is 0. The summed E-state index contributed by atoms with van der Waals surface area (Å²) >= 11 is 3.52. The smallest absolute Gasteiger partial charge is 0.274 e. The van der Waals surface area contributed by atoms with Gasteiger partial charge in [-0.05, 0) is 6.92 Å². The van der Waals surface area contributed by atoms with Gasteiger partial charge in [-0.3, -0.25) is 9.63 Å². The van der Waals surface area contributed by atoms with E-state index in [1.54, 1.807) is 6.92 Å². The second-order valence-corrected chi connectivity index (χ2v) is 1.54. The number of hydrogen-bond acceptors (Lipinski definition) is 2. The van der Waals surface area contributed by atoms with E-state index in [4.69, 9.17) is 0 Å². The van der Waals surface area contributed by atoms with Crippen molar-refractivity contribution < 1.29 is 9.63 Å². The van der Waals surface area contributed by atoms with Gasteiger partial charge in [-0.15, -0.1) is 0 Å². The zero-order valence-corrected chi connectivity index (χ0v) is 5.81. The summed E-state index contributed by atoms with van der Waals surface area (Å²) < 4.78 is 0. The second-order valence-electron chi connectivity index (χ2n) is 1.16. The fourth-order valence-electron chi connectivity index (χ4n) is 0.342. The van der Waals surface area contributed by atoms with Crippen molar-refractivity contribution in [2.45, 2.75) is 6.92 Å². The third-order valence-corrected chi connectivity index (χ3v) is 0.944. The zero-order chi connectivity index (χ0) is 6.57. The maximum atomic E-state index is 10.3. The van der Waals surface area contributed by atoms with Crippen molar-refractivity contribution in [2.24, 2.45) is 0 Å². The van der Waals surface area contributed by atoms with Crippen LogP contribution in [0.25, 0.3) is 0 Å². The molecule has 3 nitrogen and oxygen atoms in total. The van der Waals surface area contributed by atoms with Crippen LogP contribution in [0.15, 0.2) is 0 Å². The van der Waals surface area contributed by atoms with Gasteiger partial charge in [0, 0.05) is 6.54 Å². The molecule has 48 valence electrons. The number of carbonyl (C=O) groups is 1. The van der Waals surface area contributed by atoms with Crippen LogP contribution in [0.3, 0.4) is 0 Å².